The fourth-order valence-corrected chi connectivity index (χ4v) is 3.49. The minimum atomic E-state index is -1.01. The molecule has 4 N–H and O–H groups in total. The van der Waals surface area contributed by atoms with Crippen molar-refractivity contribution in [1.82, 2.24) is 14.7 Å². The van der Waals surface area contributed by atoms with Gasteiger partial charge >= 0.3 is 17.9 Å². The van der Waals surface area contributed by atoms with Gasteiger partial charge in [-0.3, -0.25) is 29.1 Å². The normalized spacial score (nSPS) is 17.3. The van der Waals surface area contributed by atoms with Crippen LogP contribution in [0.1, 0.15) is 16.7 Å². The number of nitrogens with zero attached hydrogens (tertiary/aromatic N) is 3. The second-order valence-corrected chi connectivity index (χ2v) is 7.31. The molecule has 10 nitrogen and oxygen atoms in total. The van der Waals surface area contributed by atoms with Gasteiger partial charge in [-0.1, -0.05) is 17.7 Å². The highest BCUT2D eigenvalue weighted by atomic mass is 16.4. The highest BCUT2D eigenvalue weighted by molar-refractivity contribution is 5.70. The highest BCUT2D eigenvalue weighted by Crippen LogP contribution is 2.27. The van der Waals surface area contributed by atoms with Crippen molar-refractivity contribution in [2.45, 2.75) is 20.0 Å². The van der Waals surface area contributed by atoms with Gasteiger partial charge in [-0.15, -0.1) is 0 Å². The molecule has 0 aromatic heterocycles. The summed E-state index contributed by atoms with van der Waals surface area (Å²) in [5.74, 6) is -3.00. The van der Waals surface area contributed by atoms with E-state index in [0.29, 0.717) is 37.3 Å². The summed E-state index contributed by atoms with van der Waals surface area (Å²) in [5.41, 5.74) is 1.99. The summed E-state index contributed by atoms with van der Waals surface area (Å²) in [7, 11) is 0. The van der Waals surface area contributed by atoms with Crippen LogP contribution in [0, 0.1) is 6.92 Å². The van der Waals surface area contributed by atoms with Crippen molar-refractivity contribution in [1.29, 1.82) is 0 Å². The molecule has 0 saturated heterocycles. The van der Waals surface area contributed by atoms with Crippen LogP contribution >= 0.6 is 0 Å². The summed E-state index contributed by atoms with van der Waals surface area (Å²) >= 11 is 0. The van der Waals surface area contributed by atoms with Crippen LogP contribution in [0.25, 0.3) is 0 Å². The van der Waals surface area contributed by atoms with Gasteiger partial charge < -0.3 is 20.4 Å². The van der Waals surface area contributed by atoms with E-state index in [2.05, 4.69) is 0 Å². The van der Waals surface area contributed by atoms with Crippen molar-refractivity contribution in [2.75, 3.05) is 45.8 Å². The molecule has 0 radical (unpaired) electrons. The number of aryl methyl sites for hydroxylation is 1. The largest absolute Gasteiger partial charge is 0.507 e. The topological polar surface area (TPSA) is 142 Å². The van der Waals surface area contributed by atoms with E-state index in [-0.39, 0.29) is 38.5 Å². The Balaban J connectivity index is 2.38. The predicted molar refractivity (Wildman–Crippen MR) is 103 cm³/mol. The fraction of sp³-hybridized carbons (Fsp3) is 0.526. The summed E-state index contributed by atoms with van der Waals surface area (Å²) in [6.07, 6.45) is 0. The lowest BCUT2D eigenvalue weighted by Gasteiger charge is -2.30. The number of fused-ring (bicyclic) bond motifs is 2. The van der Waals surface area contributed by atoms with E-state index >= 15 is 0 Å². The van der Waals surface area contributed by atoms with Crippen LogP contribution in [-0.4, -0.2) is 98.8 Å². The molecule has 0 fully saturated rings. The van der Waals surface area contributed by atoms with Crippen LogP contribution in [0.4, 0.5) is 0 Å². The molecule has 1 aliphatic rings. The molecule has 1 heterocycles. The number of phenolic OH excluding ortho intramolecular Hbond substituents is 1. The Morgan fingerprint density at radius 1 is 0.759 bits per heavy atom. The van der Waals surface area contributed by atoms with Crippen molar-refractivity contribution in [3.63, 3.8) is 0 Å². The zero-order valence-electron chi connectivity index (χ0n) is 16.4. The predicted octanol–water partition coefficient (Wildman–Crippen LogP) is -0.126. The van der Waals surface area contributed by atoms with E-state index in [0.717, 1.165) is 5.56 Å². The second-order valence-electron chi connectivity index (χ2n) is 7.31. The first-order chi connectivity index (χ1) is 13.6. The number of carboxylic acids is 3. The Labute approximate surface area is 168 Å². The molecule has 1 aliphatic heterocycles. The van der Waals surface area contributed by atoms with Crippen LogP contribution < -0.4 is 0 Å². The number of carbonyl (C=O) groups is 3. The Morgan fingerprint density at radius 2 is 1.10 bits per heavy atom. The Hall–Kier alpha value is -2.69. The summed E-state index contributed by atoms with van der Waals surface area (Å²) in [4.78, 5) is 38.6. The van der Waals surface area contributed by atoms with Gasteiger partial charge in [-0.25, -0.2) is 0 Å². The summed E-state index contributed by atoms with van der Waals surface area (Å²) in [6.45, 7) is 2.72. The third-order valence-electron chi connectivity index (χ3n) is 4.74. The zero-order valence-corrected chi connectivity index (χ0v) is 16.4. The van der Waals surface area contributed by atoms with Crippen molar-refractivity contribution < 1.29 is 34.8 Å². The van der Waals surface area contributed by atoms with Crippen LogP contribution in [0.15, 0.2) is 12.1 Å². The molecule has 10 heteroatoms. The molecular formula is C19H27N3O7. The Morgan fingerprint density at radius 3 is 1.48 bits per heavy atom. The zero-order chi connectivity index (χ0) is 21.6. The van der Waals surface area contributed by atoms with Crippen molar-refractivity contribution in [3.05, 3.63) is 28.8 Å². The smallest absolute Gasteiger partial charge is 0.317 e. The molecule has 0 amide bonds. The van der Waals surface area contributed by atoms with E-state index in [1.165, 1.54) is 0 Å². The lowest BCUT2D eigenvalue weighted by molar-refractivity contribution is -0.140. The number of hydrogen-bond donors (Lipinski definition) is 4. The number of phenols is 1. The summed E-state index contributed by atoms with van der Waals surface area (Å²) in [6, 6.07) is 3.55. The van der Waals surface area contributed by atoms with E-state index in [1.54, 1.807) is 26.8 Å². The molecule has 1 aromatic carbocycles. The first-order valence-corrected chi connectivity index (χ1v) is 9.28. The minimum Gasteiger partial charge on any atom is -0.507 e. The molecule has 160 valence electrons. The molecule has 1 aromatic rings. The van der Waals surface area contributed by atoms with Crippen LogP contribution in [0.5, 0.6) is 5.75 Å². The highest BCUT2D eigenvalue weighted by Gasteiger charge is 2.21. The summed E-state index contributed by atoms with van der Waals surface area (Å²) in [5, 5.41) is 38.3. The second kappa shape index (κ2) is 10.2. The molecule has 2 bridgehead atoms. The van der Waals surface area contributed by atoms with Crippen molar-refractivity contribution in [2.24, 2.45) is 0 Å². The van der Waals surface area contributed by atoms with Crippen LogP contribution in [0.3, 0.4) is 0 Å². The average Bonchev–Trinajstić information content (AvgIpc) is 2.58. The van der Waals surface area contributed by atoms with Gasteiger partial charge in [0.1, 0.15) is 5.75 Å². The SMILES string of the molecule is Cc1cc2c(O)c(c1)CN(CC(=O)O)CCN(CC(=O)O)CCN(CC(=O)O)C2. The average molecular weight is 409 g/mol. The van der Waals surface area contributed by atoms with Gasteiger partial charge in [-0.2, -0.15) is 0 Å². The minimum absolute atomic E-state index is 0.0318. The standard InChI is InChI=1S/C19H27N3O7/c1-13-6-14-8-21(11-17(25)26)4-2-20(10-16(23)24)3-5-22(12-18(27)28)9-15(7-13)19(14)29/h6-7,29H,2-5,8-12H2,1H3,(H,23,24)(H,25,26)(H,27,28). The van der Waals surface area contributed by atoms with E-state index in [1.807, 2.05) is 6.92 Å². The maximum Gasteiger partial charge on any atom is 0.317 e. The Bertz CT molecular complexity index is 717. The third-order valence-corrected chi connectivity index (χ3v) is 4.74. The maximum atomic E-state index is 11.2. The fourth-order valence-electron chi connectivity index (χ4n) is 3.49. The number of rotatable bonds is 6. The molecule has 0 saturated carbocycles. The summed E-state index contributed by atoms with van der Waals surface area (Å²) < 4.78 is 0. The van der Waals surface area contributed by atoms with Crippen LogP contribution in [-0.2, 0) is 27.5 Å². The van der Waals surface area contributed by atoms with Crippen LogP contribution in [0.2, 0.25) is 0 Å². The van der Waals surface area contributed by atoms with Crippen molar-refractivity contribution >= 4 is 17.9 Å². The molecule has 29 heavy (non-hydrogen) atoms. The third kappa shape index (κ3) is 7.33. The lowest BCUT2D eigenvalue weighted by atomic mass is 10.0. The van der Waals surface area contributed by atoms with Gasteiger partial charge in [0.2, 0.25) is 0 Å². The maximum absolute atomic E-state index is 11.2. The molecule has 0 unspecified atom stereocenters. The first kappa shape index (κ1) is 22.6. The molecule has 0 atom stereocenters. The van der Waals surface area contributed by atoms with E-state index in [9.17, 15) is 29.7 Å². The number of hydrogen-bond acceptors (Lipinski definition) is 7. The lowest BCUT2D eigenvalue weighted by Crippen LogP contribution is -2.43. The van der Waals surface area contributed by atoms with Gasteiger partial charge in [0.25, 0.3) is 0 Å². The number of benzene rings is 1. The van der Waals surface area contributed by atoms with E-state index in [4.69, 9.17) is 5.11 Å². The molecule has 2 rings (SSSR count). The monoisotopic (exact) mass is 409 g/mol. The quantitative estimate of drug-likeness (QED) is 0.502. The molecule has 0 aliphatic carbocycles. The molecular weight excluding hydrogens is 382 g/mol. The Kier molecular flexibility index (Phi) is 7.94. The van der Waals surface area contributed by atoms with Gasteiger partial charge in [-0.05, 0) is 6.92 Å². The van der Waals surface area contributed by atoms with E-state index < -0.39 is 17.9 Å². The molecule has 0 spiro atoms. The number of carboxylic acid groups (broad SMARTS) is 3. The van der Waals surface area contributed by atoms with Crippen molar-refractivity contribution in [3.8, 4) is 5.75 Å². The number of aliphatic carboxylic acids is 3. The van der Waals surface area contributed by atoms with Gasteiger partial charge in [0.15, 0.2) is 0 Å². The van der Waals surface area contributed by atoms with Gasteiger partial charge in [0, 0.05) is 50.4 Å². The number of aromatic hydroxyl groups is 1. The van der Waals surface area contributed by atoms with Gasteiger partial charge in [0.05, 0.1) is 19.6 Å². The first-order valence-electron chi connectivity index (χ1n) is 9.28.